The Balaban J connectivity index is 1.93. The van der Waals surface area contributed by atoms with Crippen LogP contribution in [-0.4, -0.2) is 54.4 Å². The van der Waals surface area contributed by atoms with Crippen LogP contribution in [0, 0.1) is 10.8 Å². The molecule has 0 saturated carbocycles. The maximum atomic E-state index is 12.2. The van der Waals surface area contributed by atoms with Crippen LogP contribution < -0.4 is 5.32 Å². The summed E-state index contributed by atoms with van der Waals surface area (Å²) in [5.41, 5.74) is -0.756. The van der Waals surface area contributed by atoms with Crippen LogP contribution in [0.4, 0.5) is 4.79 Å². The molecule has 6 heteroatoms. The summed E-state index contributed by atoms with van der Waals surface area (Å²) in [6.07, 6.45) is 1.94. The van der Waals surface area contributed by atoms with Crippen LogP contribution in [0.15, 0.2) is 0 Å². The van der Waals surface area contributed by atoms with Crippen LogP contribution in [0.5, 0.6) is 0 Å². The topological polar surface area (TPSA) is 78.9 Å². The van der Waals surface area contributed by atoms with E-state index in [-0.39, 0.29) is 24.7 Å². The Hall–Kier alpha value is -1.30. The lowest BCUT2D eigenvalue weighted by Crippen LogP contribution is -2.55. The van der Waals surface area contributed by atoms with E-state index in [4.69, 9.17) is 4.74 Å². The van der Waals surface area contributed by atoms with Crippen molar-refractivity contribution >= 4 is 12.0 Å². The van der Waals surface area contributed by atoms with Gasteiger partial charge in [-0.15, -0.1) is 0 Å². The zero-order chi connectivity index (χ0) is 15.0. The third kappa shape index (κ3) is 2.90. The molecule has 0 radical (unpaired) electrons. The second kappa shape index (κ2) is 5.24. The molecule has 2 atom stereocenters. The van der Waals surface area contributed by atoms with Gasteiger partial charge in [-0.2, -0.15) is 0 Å². The molecule has 0 aliphatic carbocycles. The summed E-state index contributed by atoms with van der Waals surface area (Å²) in [6, 6.07) is -0.647. The summed E-state index contributed by atoms with van der Waals surface area (Å²) < 4.78 is 5.24. The van der Waals surface area contributed by atoms with Crippen molar-refractivity contribution < 1.29 is 19.4 Å². The lowest BCUT2D eigenvalue weighted by molar-refractivity contribution is -0.148. The average molecular weight is 284 g/mol. The summed E-state index contributed by atoms with van der Waals surface area (Å²) >= 11 is 0. The SMILES string of the molecule is CC1(C)CCN(C(=O)NC2COCC2(C)C(=O)O)CC1. The van der Waals surface area contributed by atoms with Gasteiger partial charge in [0.05, 0.1) is 19.3 Å². The molecule has 2 saturated heterocycles. The van der Waals surface area contributed by atoms with Crippen molar-refractivity contribution in [2.45, 2.75) is 39.7 Å². The number of nitrogens with zero attached hydrogens (tertiary/aromatic N) is 1. The molecule has 2 amide bonds. The van der Waals surface area contributed by atoms with Crippen LogP contribution in [0.25, 0.3) is 0 Å². The van der Waals surface area contributed by atoms with Crippen molar-refractivity contribution in [1.82, 2.24) is 10.2 Å². The van der Waals surface area contributed by atoms with Gasteiger partial charge in [0.25, 0.3) is 0 Å². The van der Waals surface area contributed by atoms with E-state index in [1.165, 1.54) is 0 Å². The highest BCUT2D eigenvalue weighted by Gasteiger charge is 2.47. The molecule has 20 heavy (non-hydrogen) atoms. The third-order valence-electron chi connectivity index (χ3n) is 4.65. The molecule has 2 fully saturated rings. The molecule has 0 aromatic rings. The van der Waals surface area contributed by atoms with Gasteiger partial charge in [0.15, 0.2) is 0 Å². The van der Waals surface area contributed by atoms with Crippen LogP contribution >= 0.6 is 0 Å². The second-order valence-corrected chi connectivity index (χ2v) is 6.89. The summed E-state index contributed by atoms with van der Waals surface area (Å²) in [5, 5.41) is 12.1. The van der Waals surface area contributed by atoms with E-state index in [0.717, 1.165) is 25.9 Å². The largest absolute Gasteiger partial charge is 0.481 e. The second-order valence-electron chi connectivity index (χ2n) is 6.89. The number of urea groups is 1. The van der Waals surface area contributed by atoms with Crippen molar-refractivity contribution in [3.63, 3.8) is 0 Å². The van der Waals surface area contributed by atoms with Gasteiger partial charge in [-0.25, -0.2) is 4.79 Å². The molecule has 0 aromatic carbocycles. The summed E-state index contributed by atoms with van der Waals surface area (Å²) in [5.74, 6) is -0.930. The number of carboxylic acids is 1. The van der Waals surface area contributed by atoms with E-state index in [0.29, 0.717) is 0 Å². The molecule has 2 aliphatic rings. The van der Waals surface area contributed by atoms with Gasteiger partial charge < -0.3 is 20.1 Å². The van der Waals surface area contributed by atoms with E-state index < -0.39 is 17.4 Å². The maximum absolute atomic E-state index is 12.2. The van der Waals surface area contributed by atoms with Crippen molar-refractivity contribution in [2.75, 3.05) is 26.3 Å². The van der Waals surface area contributed by atoms with Gasteiger partial charge in [0.2, 0.25) is 0 Å². The smallest absolute Gasteiger partial charge is 0.317 e. The molecule has 2 aliphatic heterocycles. The Kier molecular flexibility index (Phi) is 3.95. The van der Waals surface area contributed by atoms with Gasteiger partial charge in [-0.1, -0.05) is 13.8 Å². The molecule has 0 bridgehead atoms. The predicted molar refractivity (Wildman–Crippen MR) is 73.5 cm³/mol. The lowest BCUT2D eigenvalue weighted by atomic mass is 9.82. The van der Waals surface area contributed by atoms with Gasteiger partial charge >= 0.3 is 12.0 Å². The monoisotopic (exact) mass is 284 g/mol. The van der Waals surface area contributed by atoms with E-state index in [9.17, 15) is 14.7 Å². The number of aliphatic carboxylic acids is 1. The molecule has 2 rings (SSSR count). The van der Waals surface area contributed by atoms with E-state index in [1.54, 1.807) is 11.8 Å². The molecule has 2 unspecified atom stereocenters. The third-order valence-corrected chi connectivity index (χ3v) is 4.65. The Labute approximate surface area is 119 Å². The highest BCUT2D eigenvalue weighted by molar-refractivity contribution is 5.79. The normalized spacial score (nSPS) is 33.0. The molecule has 0 aromatic heterocycles. The standard InChI is InChI=1S/C14H24N2O4/c1-13(2)4-6-16(7-5-13)12(19)15-10-8-20-9-14(10,3)11(17)18/h10H,4-9H2,1-3H3,(H,15,19)(H,17,18). The highest BCUT2D eigenvalue weighted by Crippen LogP contribution is 2.31. The Morgan fingerprint density at radius 3 is 2.40 bits per heavy atom. The quantitative estimate of drug-likeness (QED) is 0.801. The number of rotatable bonds is 2. The highest BCUT2D eigenvalue weighted by atomic mass is 16.5. The van der Waals surface area contributed by atoms with Crippen LogP contribution in [-0.2, 0) is 9.53 Å². The van der Waals surface area contributed by atoms with Gasteiger partial charge in [0, 0.05) is 13.1 Å². The molecule has 0 spiro atoms. The first-order valence-corrected chi connectivity index (χ1v) is 7.11. The lowest BCUT2D eigenvalue weighted by Gasteiger charge is -2.38. The van der Waals surface area contributed by atoms with Gasteiger partial charge in [-0.3, -0.25) is 4.79 Å². The van der Waals surface area contributed by atoms with Crippen molar-refractivity contribution in [2.24, 2.45) is 10.8 Å². The Morgan fingerprint density at radius 2 is 1.85 bits per heavy atom. The van der Waals surface area contributed by atoms with Gasteiger partial charge in [-0.05, 0) is 25.2 Å². The van der Waals surface area contributed by atoms with Gasteiger partial charge in [0.1, 0.15) is 5.41 Å². The number of hydrogen-bond acceptors (Lipinski definition) is 3. The molecule has 114 valence electrons. The minimum Gasteiger partial charge on any atom is -0.481 e. The number of carboxylic acid groups (broad SMARTS) is 1. The number of piperidine rings is 1. The molecule has 2 heterocycles. The van der Waals surface area contributed by atoms with E-state index in [2.05, 4.69) is 19.2 Å². The number of carbonyl (C=O) groups is 2. The number of ether oxygens (including phenoxy) is 1. The average Bonchev–Trinajstić information content (AvgIpc) is 2.72. The van der Waals surface area contributed by atoms with Crippen LogP contribution in [0.3, 0.4) is 0 Å². The minimum atomic E-state index is -1.04. The number of nitrogens with one attached hydrogen (secondary N) is 1. The van der Waals surface area contributed by atoms with Crippen LogP contribution in [0.2, 0.25) is 0 Å². The fraction of sp³-hybridized carbons (Fsp3) is 0.857. The molecule has 2 N–H and O–H groups in total. The fourth-order valence-corrected chi connectivity index (χ4v) is 2.64. The van der Waals surface area contributed by atoms with E-state index in [1.807, 2.05) is 0 Å². The molecular weight excluding hydrogens is 260 g/mol. The number of likely N-dealkylation sites (tertiary alicyclic amines) is 1. The predicted octanol–water partition coefficient (Wildman–Crippen LogP) is 1.31. The number of amides is 2. The molecular formula is C14H24N2O4. The van der Waals surface area contributed by atoms with E-state index >= 15 is 0 Å². The summed E-state index contributed by atoms with van der Waals surface area (Å²) in [6.45, 7) is 7.86. The first kappa shape index (κ1) is 15.1. The van der Waals surface area contributed by atoms with Crippen molar-refractivity contribution in [3.05, 3.63) is 0 Å². The van der Waals surface area contributed by atoms with Crippen molar-refractivity contribution in [1.29, 1.82) is 0 Å². The number of hydrogen-bond donors (Lipinski definition) is 2. The maximum Gasteiger partial charge on any atom is 0.317 e. The summed E-state index contributed by atoms with van der Waals surface area (Å²) in [7, 11) is 0. The number of carbonyl (C=O) groups excluding carboxylic acids is 1. The van der Waals surface area contributed by atoms with Crippen LogP contribution in [0.1, 0.15) is 33.6 Å². The Bertz CT molecular complexity index is 400. The minimum absolute atomic E-state index is 0.139. The van der Waals surface area contributed by atoms with Crippen molar-refractivity contribution in [3.8, 4) is 0 Å². The first-order valence-electron chi connectivity index (χ1n) is 7.11. The zero-order valence-electron chi connectivity index (χ0n) is 12.4. The zero-order valence-corrected chi connectivity index (χ0v) is 12.4. The summed E-state index contributed by atoms with van der Waals surface area (Å²) in [4.78, 5) is 25.3. The first-order chi connectivity index (χ1) is 9.24. The molecule has 6 nitrogen and oxygen atoms in total. The fourth-order valence-electron chi connectivity index (χ4n) is 2.64. The Morgan fingerprint density at radius 1 is 1.25 bits per heavy atom.